The zero-order chi connectivity index (χ0) is 14.4. The van der Waals surface area contributed by atoms with Crippen LogP contribution in [0.3, 0.4) is 0 Å². The average Bonchev–Trinajstić information content (AvgIpc) is 2.46. The fourth-order valence-electron chi connectivity index (χ4n) is 1.69. The van der Waals surface area contributed by atoms with E-state index in [1.54, 1.807) is 12.1 Å². The van der Waals surface area contributed by atoms with Gasteiger partial charge in [0.05, 0.1) is 11.3 Å². The van der Waals surface area contributed by atoms with E-state index in [0.717, 1.165) is 5.56 Å². The lowest BCUT2D eigenvalue weighted by atomic mass is 10.2. The minimum atomic E-state index is -1.23. The van der Waals surface area contributed by atoms with Crippen LogP contribution in [0.25, 0.3) is 0 Å². The van der Waals surface area contributed by atoms with Crippen LogP contribution in [0.2, 0.25) is 0 Å². The smallest absolute Gasteiger partial charge is 0.409 e. The molecule has 0 saturated carbocycles. The van der Waals surface area contributed by atoms with Crippen LogP contribution in [0.5, 0.6) is 0 Å². The minimum absolute atomic E-state index is 0.140. The van der Waals surface area contributed by atoms with Gasteiger partial charge in [0.1, 0.15) is 6.61 Å². The summed E-state index contributed by atoms with van der Waals surface area (Å²) < 4.78 is 5.16. The van der Waals surface area contributed by atoms with E-state index in [4.69, 9.17) is 9.84 Å². The van der Waals surface area contributed by atoms with Gasteiger partial charge >= 0.3 is 12.1 Å². The van der Waals surface area contributed by atoms with Gasteiger partial charge in [0, 0.05) is 0 Å². The highest BCUT2D eigenvalue weighted by Crippen LogP contribution is 2.16. The number of nitrogens with one attached hydrogen (secondary N) is 1. The van der Waals surface area contributed by atoms with Gasteiger partial charge in [-0.3, -0.25) is 5.32 Å². The summed E-state index contributed by atoms with van der Waals surface area (Å²) in [5, 5.41) is 10.9. The number of esters is 1. The Labute approximate surface area is 115 Å². The van der Waals surface area contributed by atoms with E-state index in [-0.39, 0.29) is 17.9 Å². The molecular formula is C15H13NO4. The Morgan fingerprint density at radius 2 is 1.65 bits per heavy atom. The first-order valence-electron chi connectivity index (χ1n) is 5.97. The molecule has 0 atom stereocenters. The molecule has 0 aliphatic carbocycles. The van der Waals surface area contributed by atoms with Gasteiger partial charge < -0.3 is 9.84 Å². The van der Waals surface area contributed by atoms with Crippen LogP contribution in [0.4, 0.5) is 10.5 Å². The predicted octanol–water partition coefficient (Wildman–Crippen LogP) is 3.13. The first-order chi connectivity index (χ1) is 9.66. The van der Waals surface area contributed by atoms with E-state index < -0.39 is 12.1 Å². The number of carboxylic acid groups (broad SMARTS) is 1. The second kappa shape index (κ2) is 6.38. The minimum Gasteiger partial charge on any atom is -0.465 e. The average molecular weight is 271 g/mol. The number of rotatable bonds is 4. The molecule has 0 radical (unpaired) electrons. The molecule has 2 N–H and O–H groups in total. The molecule has 2 aromatic rings. The fraction of sp³-hybridized carbons (Fsp3) is 0.0667. The van der Waals surface area contributed by atoms with Gasteiger partial charge in [0.2, 0.25) is 0 Å². The van der Waals surface area contributed by atoms with Crippen molar-refractivity contribution in [3.05, 3.63) is 65.7 Å². The van der Waals surface area contributed by atoms with Crippen molar-refractivity contribution in [2.45, 2.75) is 6.61 Å². The Kier molecular flexibility index (Phi) is 4.34. The third-order valence-electron chi connectivity index (χ3n) is 2.60. The molecule has 102 valence electrons. The summed E-state index contributed by atoms with van der Waals surface area (Å²) in [4.78, 5) is 22.6. The zero-order valence-electron chi connectivity index (χ0n) is 10.6. The lowest BCUT2D eigenvalue weighted by Gasteiger charge is -2.09. The molecule has 0 aliphatic heterocycles. The molecule has 0 bridgehead atoms. The molecule has 0 saturated heterocycles. The first kappa shape index (κ1) is 13.6. The van der Waals surface area contributed by atoms with Crippen molar-refractivity contribution >= 4 is 17.7 Å². The van der Waals surface area contributed by atoms with Crippen molar-refractivity contribution in [2.24, 2.45) is 0 Å². The second-order valence-corrected chi connectivity index (χ2v) is 4.04. The van der Waals surface area contributed by atoms with Crippen molar-refractivity contribution < 1.29 is 19.4 Å². The number of carbonyl (C=O) groups excluding carboxylic acids is 1. The maximum atomic E-state index is 12.0. The Balaban J connectivity index is 2.07. The molecule has 5 nitrogen and oxygen atoms in total. The molecular weight excluding hydrogens is 258 g/mol. The monoisotopic (exact) mass is 271 g/mol. The Bertz CT molecular complexity index is 610. The molecule has 2 aromatic carbocycles. The molecule has 0 unspecified atom stereocenters. The summed E-state index contributed by atoms with van der Waals surface area (Å²) in [5.74, 6) is -0.571. The van der Waals surface area contributed by atoms with E-state index in [2.05, 4.69) is 5.32 Å². The lowest BCUT2D eigenvalue weighted by Crippen LogP contribution is -2.13. The summed E-state index contributed by atoms with van der Waals surface area (Å²) in [6.07, 6.45) is -1.23. The largest absolute Gasteiger partial charge is 0.465 e. The molecule has 0 aliphatic rings. The number of ether oxygens (including phenoxy) is 1. The van der Waals surface area contributed by atoms with Crippen LogP contribution in [0, 0.1) is 0 Å². The van der Waals surface area contributed by atoms with Gasteiger partial charge in [-0.15, -0.1) is 0 Å². The molecule has 5 heteroatoms. The summed E-state index contributed by atoms with van der Waals surface area (Å²) in [6.45, 7) is 0.140. The Morgan fingerprint density at radius 1 is 1.00 bits per heavy atom. The SMILES string of the molecule is O=C(O)Nc1ccccc1C(=O)OCc1ccccc1. The number of para-hydroxylation sites is 1. The summed E-state index contributed by atoms with van der Waals surface area (Å²) in [6, 6.07) is 15.6. The van der Waals surface area contributed by atoms with Crippen LogP contribution in [0.1, 0.15) is 15.9 Å². The lowest BCUT2D eigenvalue weighted by molar-refractivity contribution is 0.0474. The van der Waals surface area contributed by atoms with Gasteiger partial charge in [0.15, 0.2) is 0 Å². The second-order valence-electron chi connectivity index (χ2n) is 4.04. The Hall–Kier alpha value is -2.82. The normalized spacial score (nSPS) is 9.80. The molecule has 20 heavy (non-hydrogen) atoms. The quantitative estimate of drug-likeness (QED) is 0.838. The number of hydrogen-bond acceptors (Lipinski definition) is 3. The van der Waals surface area contributed by atoms with E-state index in [1.165, 1.54) is 12.1 Å². The van der Waals surface area contributed by atoms with Crippen LogP contribution in [-0.4, -0.2) is 17.2 Å². The molecule has 0 heterocycles. The highest BCUT2D eigenvalue weighted by atomic mass is 16.5. The van der Waals surface area contributed by atoms with Crippen LogP contribution < -0.4 is 5.32 Å². The number of anilines is 1. The molecule has 0 spiro atoms. The Morgan fingerprint density at radius 3 is 2.35 bits per heavy atom. The predicted molar refractivity (Wildman–Crippen MR) is 73.7 cm³/mol. The number of hydrogen-bond donors (Lipinski definition) is 2. The highest BCUT2D eigenvalue weighted by Gasteiger charge is 2.13. The van der Waals surface area contributed by atoms with E-state index in [9.17, 15) is 9.59 Å². The standard InChI is InChI=1S/C15H13NO4/c17-14(20-10-11-6-2-1-3-7-11)12-8-4-5-9-13(12)16-15(18)19/h1-9,16H,10H2,(H,18,19). The topological polar surface area (TPSA) is 75.6 Å². The van der Waals surface area contributed by atoms with Gasteiger partial charge in [-0.2, -0.15) is 0 Å². The van der Waals surface area contributed by atoms with Gasteiger partial charge in [-0.1, -0.05) is 42.5 Å². The number of amides is 1. The third-order valence-corrected chi connectivity index (χ3v) is 2.60. The maximum absolute atomic E-state index is 12.0. The first-order valence-corrected chi connectivity index (χ1v) is 5.97. The summed E-state index contributed by atoms with van der Waals surface area (Å²) in [7, 11) is 0. The van der Waals surface area contributed by atoms with Crippen molar-refractivity contribution in [3.63, 3.8) is 0 Å². The number of carbonyl (C=O) groups is 2. The zero-order valence-corrected chi connectivity index (χ0v) is 10.6. The van der Waals surface area contributed by atoms with Gasteiger partial charge in [0.25, 0.3) is 0 Å². The van der Waals surface area contributed by atoms with Gasteiger partial charge in [-0.25, -0.2) is 9.59 Å². The van der Waals surface area contributed by atoms with Crippen molar-refractivity contribution in [3.8, 4) is 0 Å². The van der Waals surface area contributed by atoms with Crippen molar-refractivity contribution in [2.75, 3.05) is 5.32 Å². The van der Waals surface area contributed by atoms with Crippen LogP contribution >= 0.6 is 0 Å². The third kappa shape index (κ3) is 3.58. The molecule has 0 aromatic heterocycles. The van der Waals surface area contributed by atoms with Crippen LogP contribution in [0.15, 0.2) is 54.6 Å². The van der Waals surface area contributed by atoms with Crippen molar-refractivity contribution in [1.82, 2.24) is 0 Å². The maximum Gasteiger partial charge on any atom is 0.409 e. The highest BCUT2D eigenvalue weighted by molar-refractivity contribution is 5.99. The molecule has 1 amide bonds. The molecule has 0 fully saturated rings. The summed E-state index contributed by atoms with van der Waals surface area (Å²) >= 11 is 0. The van der Waals surface area contributed by atoms with E-state index in [1.807, 2.05) is 30.3 Å². The van der Waals surface area contributed by atoms with Crippen LogP contribution in [-0.2, 0) is 11.3 Å². The van der Waals surface area contributed by atoms with Gasteiger partial charge in [-0.05, 0) is 17.7 Å². The fourth-order valence-corrected chi connectivity index (χ4v) is 1.69. The molecule has 2 rings (SSSR count). The van der Waals surface area contributed by atoms with E-state index >= 15 is 0 Å². The van der Waals surface area contributed by atoms with E-state index in [0.29, 0.717) is 0 Å². The summed E-state index contributed by atoms with van der Waals surface area (Å²) in [5.41, 5.74) is 1.26. The van der Waals surface area contributed by atoms with Crippen molar-refractivity contribution in [1.29, 1.82) is 0 Å². The number of benzene rings is 2.